The van der Waals surface area contributed by atoms with Crippen molar-refractivity contribution >= 4 is 12.6 Å². The Hall–Kier alpha value is -1.60. The maximum absolute atomic E-state index is 10.4. The number of hydrogen-bond donors (Lipinski definition) is 0. The van der Waals surface area contributed by atoms with Crippen LogP contribution in [0.15, 0.2) is 18.2 Å². The summed E-state index contributed by atoms with van der Waals surface area (Å²) >= 11 is 0. The van der Waals surface area contributed by atoms with Gasteiger partial charge in [0, 0.05) is 10.4 Å². The SMILES string of the molecule is Cc1cccc2c1B(OCC[N+](=O)[O-])OC(C)(C)CO2. The molecule has 7 heteroatoms. The summed E-state index contributed by atoms with van der Waals surface area (Å²) in [6.45, 7) is 5.90. The molecule has 108 valence electrons. The van der Waals surface area contributed by atoms with Gasteiger partial charge >= 0.3 is 7.12 Å². The fourth-order valence-corrected chi connectivity index (χ4v) is 2.07. The van der Waals surface area contributed by atoms with E-state index in [1.165, 1.54) is 0 Å². The van der Waals surface area contributed by atoms with Gasteiger partial charge in [0.1, 0.15) is 12.4 Å². The molecular formula is C13H18BNO5. The Kier molecular flexibility index (Phi) is 4.30. The number of fused-ring (bicyclic) bond motifs is 1. The first-order chi connectivity index (χ1) is 9.39. The van der Waals surface area contributed by atoms with Crippen LogP contribution in [0.1, 0.15) is 19.4 Å². The molecule has 0 aromatic heterocycles. The van der Waals surface area contributed by atoms with Crippen LogP contribution < -0.4 is 10.2 Å². The van der Waals surface area contributed by atoms with Gasteiger partial charge in [-0.25, -0.2) is 0 Å². The highest BCUT2D eigenvalue weighted by atomic mass is 16.6. The molecule has 0 N–H and O–H groups in total. The quantitative estimate of drug-likeness (QED) is 0.470. The molecule has 1 aromatic carbocycles. The number of aryl methyl sites for hydroxylation is 1. The van der Waals surface area contributed by atoms with E-state index in [-0.39, 0.29) is 13.2 Å². The Morgan fingerprint density at radius 3 is 2.95 bits per heavy atom. The smallest absolute Gasteiger partial charge is 0.491 e. The van der Waals surface area contributed by atoms with Crippen LogP contribution in [0.5, 0.6) is 5.75 Å². The Balaban J connectivity index is 2.24. The van der Waals surface area contributed by atoms with E-state index in [9.17, 15) is 10.1 Å². The first kappa shape index (κ1) is 14.8. The third kappa shape index (κ3) is 3.49. The van der Waals surface area contributed by atoms with Crippen molar-refractivity contribution < 1.29 is 19.0 Å². The summed E-state index contributed by atoms with van der Waals surface area (Å²) in [7, 11) is -0.649. The molecule has 0 radical (unpaired) electrons. The van der Waals surface area contributed by atoms with Crippen molar-refractivity contribution in [1.82, 2.24) is 0 Å². The van der Waals surface area contributed by atoms with Crippen molar-refractivity contribution in [2.75, 3.05) is 19.8 Å². The highest BCUT2D eigenvalue weighted by Crippen LogP contribution is 2.22. The molecule has 1 heterocycles. The molecule has 0 atom stereocenters. The number of rotatable bonds is 4. The summed E-state index contributed by atoms with van der Waals surface area (Å²) in [6, 6.07) is 5.70. The van der Waals surface area contributed by atoms with Crippen molar-refractivity contribution in [1.29, 1.82) is 0 Å². The van der Waals surface area contributed by atoms with Crippen LogP contribution in [-0.4, -0.2) is 37.4 Å². The first-order valence-electron chi connectivity index (χ1n) is 6.52. The lowest BCUT2D eigenvalue weighted by atomic mass is 9.74. The Morgan fingerprint density at radius 2 is 2.25 bits per heavy atom. The lowest BCUT2D eigenvalue weighted by Crippen LogP contribution is -2.44. The van der Waals surface area contributed by atoms with Gasteiger partial charge in [0.2, 0.25) is 6.54 Å². The van der Waals surface area contributed by atoms with Gasteiger partial charge in [-0.3, -0.25) is 10.1 Å². The predicted molar refractivity (Wildman–Crippen MR) is 75.0 cm³/mol. The number of nitrogens with zero attached hydrogens (tertiary/aromatic N) is 1. The average Bonchev–Trinajstić information content (AvgIpc) is 2.47. The normalized spacial score (nSPS) is 17.1. The van der Waals surface area contributed by atoms with Crippen LogP contribution in [0.3, 0.4) is 0 Å². The molecule has 0 bridgehead atoms. The van der Waals surface area contributed by atoms with Crippen LogP contribution in [0, 0.1) is 17.0 Å². The average molecular weight is 279 g/mol. The van der Waals surface area contributed by atoms with Crippen molar-refractivity contribution in [3.05, 3.63) is 33.9 Å². The summed E-state index contributed by atoms with van der Waals surface area (Å²) in [5.41, 5.74) is 1.26. The topological polar surface area (TPSA) is 70.8 Å². The van der Waals surface area contributed by atoms with Crippen LogP contribution in [0.4, 0.5) is 0 Å². The van der Waals surface area contributed by atoms with Gasteiger partial charge in [-0.15, -0.1) is 0 Å². The fraction of sp³-hybridized carbons (Fsp3) is 0.538. The molecule has 0 aliphatic carbocycles. The monoisotopic (exact) mass is 279 g/mol. The summed E-state index contributed by atoms with van der Waals surface area (Å²) in [4.78, 5) is 10.0. The minimum absolute atomic E-state index is 0.00151. The lowest BCUT2D eigenvalue weighted by molar-refractivity contribution is -0.482. The maximum Gasteiger partial charge on any atom is 0.498 e. The zero-order valence-corrected chi connectivity index (χ0v) is 11.9. The summed E-state index contributed by atoms with van der Waals surface area (Å²) in [5, 5.41) is 10.4. The van der Waals surface area contributed by atoms with Crippen molar-refractivity contribution in [2.45, 2.75) is 26.4 Å². The molecule has 0 saturated heterocycles. The highest BCUT2D eigenvalue weighted by molar-refractivity contribution is 6.63. The van der Waals surface area contributed by atoms with Gasteiger partial charge in [0.05, 0.1) is 12.2 Å². The number of ether oxygens (including phenoxy) is 1. The third-order valence-corrected chi connectivity index (χ3v) is 3.06. The number of hydrogen-bond acceptors (Lipinski definition) is 5. The molecule has 0 amide bonds. The van der Waals surface area contributed by atoms with E-state index in [1.807, 2.05) is 39.0 Å². The molecule has 1 aliphatic rings. The number of nitro groups is 1. The highest BCUT2D eigenvalue weighted by Gasteiger charge is 2.37. The van der Waals surface area contributed by atoms with Crippen LogP contribution in [-0.2, 0) is 9.31 Å². The van der Waals surface area contributed by atoms with E-state index in [1.54, 1.807) is 0 Å². The standard InChI is InChI=1S/C13H18BNO5/c1-10-5-4-6-11-12(10)14(19-8-7-15(16)17)20-13(2,3)9-18-11/h4-6H,7-9H2,1-3H3. The lowest BCUT2D eigenvalue weighted by Gasteiger charge is -2.25. The summed E-state index contributed by atoms with van der Waals surface area (Å²) in [5.74, 6) is 0.710. The first-order valence-corrected chi connectivity index (χ1v) is 6.52. The molecule has 6 nitrogen and oxygen atoms in total. The Morgan fingerprint density at radius 1 is 1.50 bits per heavy atom. The number of benzene rings is 1. The minimum atomic E-state index is -0.649. The molecule has 20 heavy (non-hydrogen) atoms. The second-order valence-electron chi connectivity index (χ2n) is 5.41. The van der Waals surface area contributed by atoms with E-state index < -0.39 is 17.6 Å². The second-order valence-corrected chi connectivity index (χ2v) is 5.41. The third-order valence-electron chi connectivity index (χ3n) is 3.06. The van der Waals surface area contributed by atoms with Gasteiger partial charge in [0.15, 0.2) is 0 Å². The van der Waals surface area contributed by atoms with Gasteiger partial charge in [-0.1, -0.05) is 12.1 Å². The molecule has 0 unspecified atom stereocenters. The van der Waals surface area contributed by atoms with Gasteiger partial charge in [0.25, 0.3) is 0 Å². The zero-order chi connectivity index (χ0) is 14.8. The predicted octanol–water partition coefficient (Wildman–Crippen LogP) is 1.17. The molecule has 2 rings (SSSR count). The van der Waals surface area contributed by atoms with E-state index in [0.29, 0.717) is 12.4 Å². The largest absolute Gasteiger partial charge is 0.498 e. The minimum Gasteiger partial charge on any atom is -0.491 e. The molecule has 0 saturated carbocycles. The fourth-order valence-electron chi connectivity index (χ4n) is 2.07. The molecule has 1 aliphatic heterocycles. The Bertz CT molecular complexity index is 506. The summed E-state index contributed by atoms with van der Waals surface area (Å²) < 4.78 is 17.3. The van der Waals surface area contributed by atoms with E-state index in [0.717, 1.165) is 11.0 Å². The zero-order valence-electron chi connectivity index (χ0n) is 11.9. The van der Waals surface area contributed by atoms with Crippen LogP contribution in [0.25, 0.3) is 0 Å². The van der Waals surface area contributed by atoms with Crippen molar-refractivity contribution in [2.24, 2.45) is 0 Å². The van der Waals surface area contributed by atoms with E-state index in [4.69, 9.17) is 14.0 Å². The van der Waals surface area contributed by atoms with Crippen LogP contribution in [0.2, 0.25) is 0 Å². The van der Waals surface area contributed by atoms with E-state index in [2.05, 4.69) is 0 Å². The van der Waals surface area contributed by atoms with Crippen LogP contribution >= 0.6 is 0 Å². The van der Waals surface area contributed by atoms with Gasteiger partial charge < -0.3 is 14.0 Å². The maximum atomic E-state index is 10.4. The molecule has 0 spiro atoms. The second kappa shape index (κ2) is 5.81. The molecule has 0 fully saturated rings. The molecular weight excluding hydrogens is 261 g/mol. The van der Waals surface area contributed by atoms with Gasteiger partial charge in [-0.05, 0) is 32.4 Å². The van der Waals surface area contributed by atoms with Crippen molar-refractivity contribution in [3.8, 4) is 5.75 Å². The van der Waals surface area contributed by atoms with E-state index >= 15 is 0 Å². The van der Waals surface area contributed by atoms with Crippen molar-refractivity contribution in [3.63, 3.8) is 0 Å². The summed E-state index contributed by atoms with van der Waals surface area (Å²) in [6.07, 6.45) is 0. The Labute approximate surface area is 118 Å². The van der Waals surface area contributed by atoms with Gasteiger partial charge in [-0.2, -0.15) is 0 Å². The molecule has 1 aromatic rings.